The van der Waals surface area contributed by atoms with Crippen LogP contribution in [0.2, 0.25) is 0 Å². The molecule has 20 heavy (non-hydrogen) atoms. The van der Waals surface area contributed by atoms with Gasteiger partial charge >= 0.3 is 0 Å². The molecule has 2 aromatic rings. The van der Waals surface area contributed by atoms with Gasteiger partial charge in [-0.2, -0.15) is 0 Å². The Labute approximate surface area is 123 Å². The lowest BCUT2D eigenvalue weighted by atomic mass is 10.2. The third kappa shape index (κ3) is 3.71. The lowest BCUT2D eigenvalue weighted by Crippen LogP contribution is -2.03. The summed E-state index contributed by atoms with van der Waals surface area (Å²) in [6, 6.07) is 7.64. The normalized spacial score (nSPS) is 12.2. The molecule has 1 aromatic heterocycles. The van der Waals surface area contributed by atoms with Crippen molar-refractivity contribution in [2.24, 2.45) is 5.73 Å². The topological polar surface area (TPSA) is 57.4 Å². The van der Waals surface area contributed by atoms with Crippen LogP contribution in [0.1, 0.15) is 28.5 Å². The lowest BCUT2D eigenvalue weighted by Gasteiger charge is -2.06. The van der Waals surface area contributed by atoms with Gasteiger partial charge in [0.2, 0.25) is 0 Å². The van der Waals surface area contributed by atoms with E-state index in [1.165, 1.54) is 0 Å². The number of methoxy groups -OCH3 is 1. The third-order valence-corrected chi connectivity index (χ3v) is 4.33. The van der Waals surface area contributed by atoms with Crippen LogP contribution in [-0.2, 0) is 6.42 Å². The fraction of sp³-hybridized carbons (Fsp3) is 0.400. The fourth-order valence-electron chi connectivity index (χ4n) is 1.94. The van der Waals surface area contributed by atoms with Gasteiger partial charge < -0.3 is 15.2 Å². The molecule has 0 fully saturated rings. The van der Waals surface area contributed by atoms with Crippen LogP contribution in [-0.4, -0.2) is 18.7 Å². The summed E-state index contributed by atoms with van der Waals surface area (Å²) >= 11 is 1.67. The Balaban J connectivity index is 1.91. The van der Waals surface area contributed by atoms with Crippen LogP contribution < -0.4 is 15.2 Å². The lowest BCUT2D eigenvalue weighted by molar-refractivity contribution is 0.318. The molecule has 0 bridgehead atoms. The Bertz CT molecular complexity index is 567. The number of nitrogens with zero attached hydrogens (tertiary/aromatic N) is 1. The van der Waals surface area contributed by atoms with Gasteiger partial charge in [-0.1, -0.05) is 6.07 Å². The first-order valence-electron chi connectivity index (χ1n) is 6.58. The van der Waals surface area contributed by atoms with Crippen molar-refractivity contribution in [2.45, 2.75) is 26.3 Å². The molecular formula is C15H20N2O2S. The van der Waals surface area contributed by atoms with Gasteiger partial charge in [-0.25, -0.2) is 4.98 Å². The summed E-state index contributed by atoms with van der Waals surface area (Å²) in [5, 5.41) is 1.07. The number of thiazole rings is 1. The number of aryl methyl sites for hydroxylation is 1. The van der Waals surface area contributed by atoms with Gasteiger partial charge in [0.1, 0.15) is 11.5 Å². The fourth-order valence-corrected chi connectivity index (χ4v) is 2.94. The van der Waals surface area contributed by atoms with Crippen LogP contribution in [0.5, 0.6) is 11.5 Å². The SMILES string of the molecule is COc1cccc(OCCc2nc(C)c(C(C)N)s2)c1. The van der Waals surface area contributed by atoms with E-state index in [1.807, 2.05) is 38.1 Å². The van der Waals surface area contributed by atoms with E-state index in [0.717, 1.165) is 33.5 Å². The number of hydrogen-bond acceptors (Lipinski definition) is 5. The molecule has 0 aliphatic carbocycles. The summed E-state index contributed by atoms with van der Waals surface area (Å²) in [5.41, 5.74) is 6.93. The molecule has 1 unspecified atom stereocenters. The van der Waals surface area contributed by atoms with Gasteiger partial charge in [0, 0.05) is 23.4 Å². The van der Waals surface area contributed by atoms with Crippen LogP contribution >= 0.6 is 11.3 Å². The molecule has 0 amide bonds. The third-order valence-electron chi connectivity index (χ3n) is 2.92. The number of aromatic nitrogens is 1. The van der Waals surface area contributed by atoms with Crippen molar-refractivity contribution in [3.8, 4) is 11.5 Å². The van der Waals surface area contributed by atoms with E-state index in [0.29, 0.717) is 6.61 Å². The highest BCUT2D eigenvalue weighted by atomic mass is 32.1. The predicted octanol–water partition coefficient (Wildman–Crippen LogP) is 3.10. The van der Waals surface area contributed by atoms with Crippen molar-refractivity contribution < 1.29 is 9.47 Å². The molecule has 0 aliphatic heterocycles. The first-order chi connectivity index (χ1) is 9.60. The molecule has 0 radical (unpaired) electrons. The minimum absolute atomic E-state index is 0.0422. The molecule has 0 saturated carbocycles. The summed E-state index contributed by atoms with van der Waals surface area (Å²) < 4.78 is 10.9. The Morgan fingerprint density at radius 3 is 2.75 bits per heavy atom. The average Bonchev–Trinajstić information content (AvgIpc) is 2.80. The monoisotopic (exact) mass is 292 g/mol. The molecule has 108 valence electrons. The second-order valence-corrected chi connectivity index (χ2v) is 5.74. The van der Waals surface area contributed by atoms with E-state index >= 15 is 0 Å². The summed E-state index contributed by atoms with van der Waals surface area (Å²) in [6.45, 7) is 4.58. The second-order valence-electron chi connectivity index (χ2n) is 4.62. The molecule has 1 aromatic carbocycles. The smallest absolute Gasteiger partial charge is 0.123 e. The number of hydrogen-bond donors (Lipinski definition) is 1. The Kier molecular flexibility index (Phi) is 4.98. The van der Waals surface area contributed by atoms with E-state index < -0.39 is 0 Å². The molecule has 0 spiro atoms. The van der Waals surface area contributed by atoms with Gasteiger partial charge in [-0.3, -0.25) is 0 Å². The van der Waals surface area contributed by atoms with Gasteiger partial charge in [-0.05, 0) is 26.0 Å². The Morgan fingerprint density at radius 2 is 2.10 bits per heavy atom. The zero-order chi connectivity index (χ0) is 14.5. The zero-order valence-corrected chi connectivity index (χ0v) is 12.9. The Morgan fingerprint density at radius 1 is 1.35 bits per heavy atom. The molecule has 1 heterocycles. The maximum Gasteiger partial charge on any atom is 0.123 e. The second kappa shape index (κ2) is 6.72. The highest BCUT2D eigenvalue weighted by Gasteiger charge is 2.11. The summed E-state index contributed by atoms with van der Waals surface area (Å²) in [7, 11) is 1.65. The van der Waals surface area contributed by atoms with Crippen molar-refractivity contribution in [3.05, 3.63) is 39.8 Å². The van der Waals surface area contributed by atoms with Crippen molar-refractivity contribution in [1.29, 1.82) is 0 Å². The van der Waals surface area contributed by atoms with E-state index in [9.17, 15) is 0 Å². The summed E-state index contributed by atoms with van der Waals surface area (Å²) in [4.78, 5) is 5.68. The van der Waals surface area contributed by atoms with E-state index in [-0.39, 0.29) is 6.04 Å². The van der Waals surface area contributed by atoms with Crippen molar-refractivity contribution >= 4 is 11.3 Å². The minimum atomic E-state index is 0.0422. The van der Waals surface area contributed by atoms with Crippen LogP contribution in [0.4, 0.5) is 0 Å². The van der Waals surface area contributed by atoms with E-state index in [1.54, 1.807) is 18.4 Å². The molecule has 5 heteroatoms. The molecular weight excluding hydrogens is 272 g/mol. The number of benzene rings is 1. The predicted molar refractivity (Wildman–Crippen MR) is 81.6 cm³/mol. The standard InChI is InChI=1S/C15H20N2O2S/c1-10(16)15-11(2)17-14(20-15)7-8-19-13-6-4-5-12(9-13)18-3/h4-6,9-10H,7-8,16H2,1-3H3. The average molecular weight is 292 g/mol. The Hall–Kier alpha value is -1.59. The molecule has 0 saturated heterocycles. The maximum atomic E-state index is 5.90. The summed E-state index contributed by atoms with van der Waals surface area (Å²) in [6.07, 6.45) is 0.787. The van der Waals surface area contributed by atoms with Crippen molar-refractivity contribution in [2.75, 3.05) is 13.7 Å². The highest BCUT2D eigenvalue weighted by Crippen LogP contribution is 2.24. The number of rotatable bonds is 6. The van der Waals surface area contributed by atoms with Crippen LogP contribution in [0.3, 0.4) is 0 Å². The molecule has 2 N–H and O–H groups in total. The van der Waals surface area contributed by atoms with Crippen LogP contribution in [0, 0.1) is 6.92 Å². The molecule has 2 rings (SSSR count). The van der Waals surface area contributed by atoms with Crippen LogP contribution in [0.25, 0.3) is 0 Å². The van der Waals surface area contributed by atoms with E-state index in [4.69, 9.17) is 15.2 Å². The highest BCUT2D eigenvalue weighted by molar-refractivity contribution is 7.11. The zero-order valence-electron chi connectivity index (χ0n) is 12.1. The number of ether oxygens (including phenoxy) is 2. The maximum absolute atomic E-state index is 5.90. The van der Waals surface area contributed by atoms with Gasteiger partial charge in [-0.15, -0.1) is 11.3 Å². The molecule has 0 aliphatic rings. The first-order valence-corrected chi connectivity index (χ1v) is 7.40. The minimum Gasteiger partial charge on any atom is -0.497 e. The van der Waals surface area contributed by atoms with Crippen molar-refractivity contribution in [1.82, 2.24) is 4.98 Å². The van der Waals surface area contributed by atoms with Crippen LogP contribution in [0.15, 0.2) is 24.3 Å². The first kappa shape index (κ1) is 14.8. The van der Waals surface area contributed by atoms with E-state index in [2.05, 4.69) is 4.98 Å². The quantitative estimate of drug-likeness (QED) is 0.889. The molecule has 4 nitrogen and oxygen atoms in total. The van der Waals surface area contributed by atoms with Crippen molar-refractivity contribution in [3.63, 3.8) is 0 Å². The number of nitrogens with two attached hydrogens (primary N) is 1. The van der Waals surface area contributed by atoms with Gasteiger partial charge in [0.15, 0.2) is 0 Å². The largest absolute Gasteiger partial charge is 0.497 e. The van der Waals surface area contributed by atoms with Gasteiger partial charge in [0.25, 0.3) is 0 Å². The molecule has 1 atom stereocenters. The summed E-state index contributed by atoms with van der Waals surface area (Å²) in [5.74, 6) is 1.61. The van der Waals surface area contributed by atoms with Gasteiger partial charge in [0.05, 0.1) is 24.4 Å².